The van der Waals surface area contributed by atoms with Crippen molar-refractivity contribution in [2.24, 2.45) is 0 Å². The number of fused-ring (bicyclic) bond motifs is 1. The molecule has 25 heavy (non-hydrogen) atoms. The molecule has 0 unspecified atom stereocenters. The molecule has 1 aliphatic heterocycles. The first kappa shape index (κ1) is 16.0. The molecule has 4 heteroatoms. The van der Waals surface area contributed by atoms with Crippen molar-refractivity contribution < 1.29 is 0 Å². The number of aryl methyl sites for hydroxylation is 3. The average Bonchev–Trinajstić information content (AvgIpc) is 2.99. The van der Waals surface area contributed by atoms with E-state index in [4.69, 9.17) is 0 Å². The quantitative estimate of drug-likeness (QED) is 0.790. The normalized spacial score (nSPS) is 14.5. The monoisotopic (exact) mass is 332 g/mol. The summed E-state index contributed by atoms with van der Waals surface area (Å²) in [4.78, 5) is 14.7. The van der Waals surface area contributed by atoms with E-state index < -0.39 is 0 Å². The van der Waals surface area contributed by atoms with E-state index in [0.29, 0.717) is 0 Å². The minimum absolute atomic E-state index is 0.914. The number of aromatic amines is 1. The van der Waals surface area contributed by atoms with Crippen LogP contribution < -0.4 is 0 Å². The maximum absolute atomic E-state index is 4.61. The van der Waals surface area contributed by atoms with Gasteiger partial charge < -0.3 is 4.98 Å². The summed E-state index contributed by atoms with van der Waals surface area (Å²) in [5.41, 5.74) is 9.91. The molecule has 3 aromatic rings. The van der Waals surface area contributed by atoms with Gasteiger partial charge in [0.25, 0.3) is 0 Å². The zero-order chi connectivity index (χ0) is 17.4. The van der Waals surface area contributed by atoms with Crippen LogP contribution in [0.25, 0.3) is 11.1 Å². The van der Waals surface area contributed by atoms with Gasteiger partial charge in [-0.25, -0.2) is 4.98 Å². The fourth-order valence-corrected chi connectivity index (χ4v) is 3.66. The Bertz CT molecular complexity index is 910. The Morgan fingerprint density at radius 3 is 2.72 bits per heavy atom. The molecule has 4 rings (SSSR count). The van der Waals surface area contributed by atoms with Crippen molar-refractivity contribution in [3.8, 4) is 11.1 Å². The van der Waals surface area contributed by atoms with Crippen molar-refractivity contribution in [2.45, 2.75) is 40.3 Å². The standard InChI is InChI=1S/C21H24N4/c1-14-4-7-20(15(2)24-14)18-5-6-19-11-25(9-8-17(19)10-18)12-21-16(3)22-13-23-21/h4-7,10,13H,8-9,11-12H2,1-3H3,(H,22,23). The van der Waals surface area contributed by atoms with Crippen molar-refractivity contribution in [2.75, 3.05) is 6.54 Å². The van der Waals surface area contributed by atoms with Gasteiger partial charge in [-0.3, -0.25) is 9.88 Å². The number of rotatable bonds is 3. The maximum atomic E-state index is 4.61. The smallest absolute Gasteiger partial charge is 0.0925 e. The molecule has 128 valence electrons. The predicted octanol–water partition coefficient (Wildman–Crippen LogP) is 3.96. The Kier molecular flexibility index (Phi) is 4.14. The third-order valence-corrected chi connectivity index (χ3v) is 5.14. The van der Waals surface area contributed by atoms with Crippen molar-refractivity contribution >= 4 is 0 Å². The van der Waals surface area contributed by atoms with Crippen molar-refractivity contribution in [3.05, 3.63) is 70.6 Å². The molecule has 3 heterocycles. The van der Waals surface area contributed by atoms with Gasteiger partial charge in [0.2, 0.25) is 0 Å². The molecule has 0 spiro atoms. The van der Waals surface area contributed by atoms with E-state index >= 15 is 0 Å². The number of H-pyrrole nitrogens is 1. The first-order chi connectivity index (χ1) is 12.1. The molecule has 1 N–H and O–H groups in total. The van der Waals surface area contributed by atoms with Crippen LogP contribution in [0.15, 0.2) is 36.7 Å². The third kappa shape index (κ3) is 3.22. The van der Waals surface area contributed by atoms with E-state index in [1.807, 2.05) is 6.92 Å². The highest BCUT2D eigenvalue weighted by atomic mass is 15.1. The van der Waals surface area contributed by atoms with Crippen molar-refractivity contribution in [1.82, 2.24) is 19.9 Å². The predicted molar refractivity (Wildman–Crippen MR) is 100 cm³/mol. The third-order valence-electron chi connectivity index (χ3n) is 5.14. The Balaban J connectivity index is 1.56. The molecule has 0 saturated carbocycles. The molecule has 0 bridgehead atoms. The number of nitrogens with zero attached hydrogens (tertiary/aromatic N) is 3. The molecule has 0 fully saturated rings. The summed E-state index contributed by atoms with van der Waals surface area (Å²) in [6.45, 7) is 9.21. The highest BCUT2D eigenvalue weighted by molar-refractivity contribution is 5.67. The van der Waals surface area contributed by atoms with Gasteiger partial charge in [0.05, 0.1) is 12.0 Å². The van der Waals surface area contributed by atoms with Crippen LogP contribution >= 0.6 is 0 Å². The van der Waals surface area contributed by atoms with Crippen LogP contribution in [0.3, 0.4) is 0 Å². The summed E-state index contributed by atoms with van der Waals surface area (Å²) < 4.78 is 0. The van der Waals surface area contributed by atoms with Crippen LogP contribution in [0.5, 0.6) is 0 Å². The number of nitrogens with one attached hydrogen (secondary N) is 1. The van der Waals surface area contributed by atoms with E-state index in [2.05, 4.69) is 64.0 Å². The lowest BCUT2D eigenvalue weighted by molar-refractivity contribution is 0.242. The number of pyridine rings is 1. The fraction of sp³-hybridized carbons (Fsp3) is 0.333. The van der Waals surface area contributed by atoms with Crippen LogP contribution in [-0.4, -0.2) is 26.4 Å². The highest BCUT2D eigenvalue weighted by Gasteiger charge is 2.18. The molecular weight excluding hydrogens is 308 g/mol. The zero-order valence-electron chi connectivity index (χ0n) is 15.1. The Labute approximate surface area is 149 Å². The maximum Gasteiger partial charge on any atom is 0.0925 e. The number of imidazole rings is 1. The Morgan fingerprint density at radius 2 is 1.96 bits per heavy atom. The Morgan fingerprint density at radius 1 is 1.08 bits per heavy atom. The summed E-state index contributed by atoms with van der Waals surface area (Å²) in [6, 6.07) is 11.2. The van der Waals surface area contributed by atoms with E-state index in [9.17, 15) is 0 Å². The van der Waals surface area contributed by atoms with Gasteiger partial charge in [-0.1, -0.05) is 24.3 Å². The lowest BCUT2D eigenvalue weighted by Gasteiger charge is -2.28. The molecule has 0 aliphatic carbocycles. The Hall–Kier alpha value is -2.46. The average molecular weight is 332 g/mol. The minimum atomic E-state index is 0.914. The molecule has 0 atom stereocenters. The van der Waals surface area contributed by atoms with Crippen LogP contribution in [0, 0.1) is 20.8 Å². The molecule has 0 saturated heterocycles. The van der Waals surface area contributed by atoms with E-state index in [-0.39, 0.29) is 0 Å². The molecule has 1 aromatic carbocycles. The summed E-state index contributed by atoms with van der Waals surface area (Å²) in [5.74, 6) is 0. The van der Waals surface area contributed by atoms with Crippen LogP contribution in [0.1, 0.15) is 33.9 Å². The lowest BCUT2D eigenvalue weighted by atomic mass is 9.94. The molecule has 0 amide bonds. The minimum Gasteiger partial charge on any atom is -0.348 e. The highest BCUT2D eigenvalue weighted by Crippen LogP contribution is 2.28. The van der Waals surface area contributed by atoms with Gasteiger partial charge in [0.1, 0.15) is 0 Å². The number of hydrogen-bond acceptors (Lipinski definition) is 3. The van der Waals surface area contributed by atoms with Crippen LogP contribution in [0.2, 0.25) is 0 Å². The van der Waals surface area contributed by atoms with Gasteiger partial charge in [0.15, 0.2) is 0 Å². The molecule has 2 aromatic heterocycles. The van der Waals surface area contributed by atoms with Gasteiger partial charge in [-0.05, 0) is 49.9 Å². The summed E-state index contributed by atoms with van der Waals surface area (Å²) in [6.07, 6.45) is 2.87. The van der Waals surface area contributed by atoms with Crippen LogP contribution in [-0.2, 0) is 19.5 Å². The first-order valence-electron chi connectivity index (χ1n) is 8.88. The summed E-state index contributed by atoms with van der Waals surface area (Å²) in [5, 5.41) is 0. The number of benzene rings is 1. The topological polar surface area (TPSA) is 44.8 Å². The van der Waals surface area contributed by atoms with Crippen molar-refractivity contribution in [3.63, 3.8) is 0 Å². The van der Waals surface area contributed by atoms with Crippen molar-refractivity contribution in [1.29, 1.82) is 0 Å². The fourth-order valence-electron chi connectivity index (χ4n) is 3.66. The number of hydrogen-bond donors (Lipinski definition) is 1. The second-order valence-corrected chi connectivity index (χ2v) is 7.00. The SMILES string of the molecule is Cc1ccc(-c2ccc3c(c2)CCN(Cc2nc[nH]c2C)C3)c(C)n1. The number of aromatic nitrogens is 3. The summed E-state index contributed by atoms with van der Waals surface area (Å²) in [7, 11) is 0. The molecule has 1 aliphatic rings. The lowest BCUT2D eigenvalue weighted by Crippen LogP contribution is -2.30. The second-order valence-electron chi connectivity index (χ2n) is 7.00. The van der Waals surface area contributed by atoms with Gasteiger partial charge in [-0.15, -0.1) is 0 Å². The van der Waals surface area contributed by atoms with Crippen LogP contribution in [0.4, 0.5) is 0 Å². The van der Waals surface area contributed by atoms with E-state index in [1.54, 1.807) is 6.33 Å². The molecule has 4 nitrogen and oxygen atoms in total. The van der Waals surface area contributed by atoms with Gasteiger partial charge in [0, 0.05) is 42.3 Å². The summed E-state index contributed by atoms with van der Waals surface area (Å²) >= 11 is 0. The second kappa shape index (κ2) is 6.45. The van der Waals surface area contributed by atoms with E-state index in [0.717, 1.165) is 43.1 Å². The van der Waals surface area contributed by atoms with Gasteiger partial charge in [-0.2, -0.15) is 0 Å². The van der Waals surface area contributed by atoms with E-state index in [1.165, 1.54) is 27.9 Å². The van der Waals surface area contributed by atoms with Gasteiger partial charge >= 0.3 is 0 Å². The molecular formula is C21H24N4. The zero-order valence-corrected chi connectivity index (χ0v) is 15.1. The first-order valence-corrected chi connectivity index (χ1v) is 8.88. The molecule has 0 radical (unpaired) electrons. The largest absolute Gasteiger partial charge is 0.348 e.